The fraction of sp³-hybridized carbons (Fsp3) is 0.625. The van der Waals surface area contributed by atoms with E-state index in [0.29, 0.717) is 12.1 Å². The third-order valence-corrected chi connectivity index (χ3v) is 4.84. The number of hydrogen-bond donors (Lipinski definition) is 2. The number of aliphatic hydroxyl groups excluding tert-OH is 1. The summed E-state index contributed by atoms with van der Waals surface area (Å²) < 4.78 is 0. The van der Waals surface area contributed by atoms with Crippen molar-refractivity contribution >= 4 is 11.8 Å². The van der Waals surface area contributed by atoms with Crippen LogP contribution in [0.5, 0.6) is 0 Å². The van der Waals surface area contributed by atoms with Crippen LogP contribution in [0.4, 0.5) is 0 Å². The molecule has 0 saturated heterocycles. The molecule has 1 aliphatic carbocycles. The van der Waals surface area contributed by atoms with Crippen LogP contribution in [0, 0.1) is 0 Å². The summed E-state index contributed by atoms with van der Waals surface area (Å²) in [5.41, 5.74) is 1.40. The lowest BCUT2D eigenvalue weighted by molar-refractivity contribution is 0.114. The standard InChI is InChI=1S/C16H25NOS/c1-3-19-16-7-5-4-6-15(16)12(2)17-13-8-10-14(18)11-9-13/h4-7,12-14,17-18H,3,8-11H2,1-2H3. The summed E-state index contributed by atoms with van der Waals surface area (Å²) in [6.45, 7) is 4.45. The molecule has 0 aromatic heterocycles. The van der Waals surface area contributed by atoms with Crippen molar-refractivity contribution in [2.24, 2.45) is 0 Å². The van der Waals surface area contributed by atoms with Gasteiger partial charge in [-0.1, -0.05) is 25.1 Å². The largest absolute Gasteiger partial charge is 0.393 e. The summed E-state index contributed by atoms with van der Waals surface area (Å²) in [6, 6.07) is 9.62. The van der Waals surface area contributed by atoms with Gasteiger partial charge in [0.25, 0.3) is 0 Å². The molecular weight excluding hydrogens is 254 g/mol. The van der Waals surface area contributed by atoms with E-state index in [-0.39, 0.29) is 6.10 Å². The minimum Gasteiger partial charge on any atom is -0.393 e. The van der Waals surface area contributed by atoms with Gasteiger partial charge in [0.2, 0.25) is 0 Å². The van der Waals surface area contributed by atoms with Crippen LogP contribution in [0.15, 0.2) is 29.2 Å². The fourth-order valence-electron chi connectivity index (χ4n) is 2.81. The quantitative estimate of drug-likeness (QED) is 0.805. The predicted molar refractivity (Wildman–Crippen MR) is 82.7 cm³/mol. The number of nitrogens with one attached hydrogen (secondary N) is 1. The summed E-state index contributed by atoms with van der Waals surface area (Å²) in [5, 5.41) is 13.3. The highest BCUT2D eigenvalue weighted by molar-refractivity contribution is 7.99. The zero-order valence-electron chi connectivity index (χ0n) is 11.9. The SMILES string of the molecule is CCSc1ccccc1C(C)NC1CCC(O)CC1. The molecule has 3 heteroatoms. The summed E-state index contributed by atoms with van der Waals surface area (Å²) in [7, 11) is 0. The molecule has 0 radical (unpaired) electrons. The Hall–Kier alpha value is -0.510. The third kappa shape index (κ3) is 4.23. The first-order chi connectivity index (χ1) is 9.20. The molecule has 0 aliphatic heterocycles. The van der Waals surface area contributed by atoms with Crippen LogP contribution >= 0.6 is 11.8 Å². The number of hydrogen-bond acceptors (Lipinski definition) is 3. The second-order valence-corrected chi connectivity index (χ2v) is 6.67. The smallest absolute Gasteiger partial charge is 0.0541 e. The first-order valence-corrected chi connectivity index (χ1v) is 8.35. The van der Waals surface area contributed by atoms with Gasteiger partial charge < -0.3 is 10.4 Å². The van der Waals surface area contributed by atoms with Crippen LogP contribution in [0.3, 0.4) is 0 Å². The topological polar surface area (TPSA) is 32.3 Å². The molecule has 1 aromatic rings. The molecule has 1 aromatic carbocycles. The highest BCUT2D eigenvalue weighted by Crippen LogP contribution is 2.29. The van der Waals surface area contributed by atoms with Crippen molar-refractivity contribution in [1.82, 2.24) is 5.32 Å². The highest BCUT2D eigenvalue weighted by Gasteiger charge is 2.21. The Kier molecular flexibility index (Phi) is 5.74. The molecule has 1 fully saturated rings. The van der Waals surface area contributed by atoms with Crippen LogP contribution in [-0.2, 0) is 0 Å². The lowest BCUT2D eigenvalue weighted by Crippen LogP contribution is -2.36. The van der Waals surface area contributed by atoms with Gasteiger partial charge in [-0.2, -0.15) is 0 Å². The number of aliphatic hydroxyl groups is 1. The number of benzene rings is 1. The van der Waals surface area contributed by atoms with E-state index in [2.05, 4.69) is 43.4 Å². The lowest BCUT2D eigenvalue weighted by atomic mass is 9.92. The molecule has 2 nitrogen and oxygen atoms in total. The lowest BCUT2D eigenvalue weighted by Gasteiger charge is -2.29. The second kappa shape index (κ2) is 7.32. The van der Waals surface area contributed by atoms with Gasteiger partial charge in [-0.15, -0.1) is 11.8 Å². The van der Waals surface area contributed by atoms with E-state index < -0.39 is 0 Å². The third-order valence-electron chi connectivity index (χ3n) is 3.87. The van der Waals surface area contributed by atoms with Crippen LogP contribution < -0.4 is 5.32 Å². The van der Waals surface area contributed by atoms with Gasteiger partial charge in [-0.25, -0.2) is 0 Å². The first kappa shape index (κ1) is 14.9. The van der Waals surface area contributed by atoms with E-state index >= 15 is 0 Å². The van der Waals surface area contributed by atoms with Gasteiger partial charge in [0.15, 0.2) is 0 Å². The van der Waals surface area contributed by atoms with Gasteiger partial charge in [0.1, 0.15) is 0 Å². The average molecular weight is 279 g/mol. The Morgan fingerprint density at radius 2 is 1.95 bits per heavy atom. The van der Waals surface area contributed by atoms with Crippen molar-refractivity contribution in [3.05, 3.63) is 29.8 Å². The summed E-state index contributed by atoms with van der Waals surface area (Å²) in [6.07, 6.45) is 3.99. The van der Waals surface area contributed by atoms with Crippen LogP contribution in [0.25, 0.3) is 0 Å². The van der Waals surface area contributed by atoms with E-state index in [1.165, 1.54) is 10.5 Å². The zero-order valence-corrected chi connectivity index (χ0v) is 12.7. The van der Waals surface area contributed by atoms with Crippen molar-refractivity contribution in [2.75, 3.05) is 5.75 Å². The Morgan fingerprint density at radius 3 is 2.63 bits per heavy atom. The number of thioether (sulfide) groups is 1. The molecule has 0 spiro atoms. The van der Waals surface area contributed by atoms with Crippen LogP contribution in [-0.4, -0.2) is 23.0 Å². The maximum atomic E-state index is 9.56. The molecule has 0 amide bonds. The molecule has 0 heterocycles. The zero-order chi connectivity index (χ0) is 13.7. The number of rotatable bonds is 5. The highest BCUT2D eigenvalue weighted by atomic mass is 32.2. The Bertz CT molecular complexity index is 388. The van der Waals surface area contributed by atoms with E-state index in [1.807, 2.05) is 11.8 Å². The molecule has 2 rings (SSSR count). The minimum absolute atomic E-state index is 0.0729. The normalized spacial score (nSPS) is 25.2. The maximum Gasteiger partial charge on any atom is 0.0541 e. The monoisotopic (exact) mass is 279 g/mol. The molecule has 1 aliphatic rings. The van der Waals surface area contributed by atoms with Crippen molar-refractivity contribution in [2.45, 2.75) is 62.6 Å². The first-order valence-electron chi connectivity index (χ1n) is 7.36. The molecule has 106 valence electrons. The Morgan fingerprint density at radius 1 is 1.26 bits per heavy atom. The summed E-state index contributed by atoms with van der Waals surface area (Å²) >= 11 is 1.91. The molecule has 19 heavy (non-hydrogen) atoms. The molecule has 0 bridgehead atoms. The molecule has 1 atom stereocenters. The summed E-state index contributed by atoms with van der Waals surface area (Å²) in [5.74, 6) is 1.11. The summed E-state index contributed by atoms with van der Waals surface area (Å²) in [4.78, 5) is 1.39. The van der Waals surface area contributed by atoms with Gasteiger partial charge in [-0.05, 0) is 50.0 Å². The van der Waals surface area contributed by atoms with E-state index in [4.69, 9.17) is 0 Å². The molecule has 1 unspecified atom stereocenters. The Labute approximate surface area is 121 Å². The molecule has 1 saturated carbocycles. The van der Waals surface area contributed by atoms with E-state index in [1.54, 1.807) is 0 Å². The minimum atomic E-state index is -0.0729. The van der Waals surface area contributed by atoms with E-state index in [0.717, 1.165) is 31.4 Å². The van der Waals surface area contributed by atoms with Gasteiger partial charge >= 0.3 is 0 Å². The molecule has 2 N–H and O–H groups in total. The van der Waals surface area contributed by atoms with Crippen LogP contribution in [0.1, 0.15) is 51.1 Å². The fourth-order valence-corrected chi connectivity index (χ4v) is 3.71. The van der Waals surface area contributed by atoms with Gasteiger partial charge in [-0.3, -0.25) is 0 Å². The van der Waals surface area contributed by atoms with Crippen molar-refractivity contribution < 1.29 is 5.11 Å². The van der Waals surface area contributed by atoms with E-state index in [9.17, 15) is 5.11 Å². The predicted octanol–water partition coefficient (Wildman–Crippen LogP) is 3.75. The van der Waals surface area contributed by atoms with Crippen molar-refractivity contribution in [1.29, 1.82) is 0 Å². The average Bonchev–Trinajstić information content (AvgIpc) is 2.42. The van der Waals surface area contributed by atoms with Crippen molar-refractivity contribution in [3.63, 3.8) is 0 Å². The van der Waals surface area contributed by atoms with Crippen molar-refractivity contribution in [3.8, 4) is 0 Å². The van der Waals surface area contributed by atoms with Gasteiger partial charge in [0.05, 0.1) is 6.10 Å². The maximum absolute atomic E-state index is 9.56. The molecular formula is C16H25NOS. The van der Waals surface area contributed by atoms with Crippen LogP contribution in [0.2, 0.25) is 0 Å². The Balaban J connectivity index is 1.97. The second-order valence-electron chi connectivity index (χ2n) is 5.36. The van der Waals surface area contributed by atoms with Gasteiger partial charge in [0, 0.05) is 17.0 Å².